The van der Waals surface area contributed by atoms with Crippen molar-refractivity contribution in [2.45, 2.75) is 25.5 Å². The van der Waals surface area contributed by atoms with Gasteiger partial charge >= 0.3 is 0 Å². The normalized spacial score (nSPS) is 13.7. The van der Waals surface area contributed by atoms with Crippen LogP contribution in [-0.4, -0.2) is 40.2 Å². The first-order valence-electron chi connectivity index (χ1n) is 6.20. The zero-order valence-corrected chi connectivity index (χ0v) is 12.6. The molecule has 1 heterocycles. The van der Waals surface area contributed by atoms with Crippen LogP contribution in [0.15, 0.2) is 12.3 Å². The lowest BCUT2D eigenvalue weighted by Gasteiger charge is -2.12. The standard InChI is InChI=1S/C13H21N3O2S/c1-9-7-12(14-3)11(8-16-9)13(17)15-6-5-10(2)19(4)18/h7-8,10H,5-6H2,1-4H3,(H,14,16)(H,15,17). The van der Waals surface area contributed by atoms with E-state index >= 15 is 0 Å². The second kappa shape index (κ2) is 7.23. The molecule has 0 aliphatic heterocycles. The van der Waals surface area contributed by atoms with Crippen LogP contribution in [0.1, 0.15) is 29.4 Å². The molecule has 0 radical (unpaired) electrons. The van der Waals surface area contributed by atoms with Crippen LogP contribution in [0.3, 0.4) is 0 Å². The van der Waals surface area contributed by atoms with E-state index < -0.39 is 10.8 Å². The first kappa shape index (κ1) is 15.6. The van der Waals surface area contributed by atoms with Gasteiger partial charge in [-0.15, -0.1) is 0 Å². The highest BCUT2D eigenvalue weighted by Crippen LogP contribution is 2.14. The van der Waals surface area contributed by atoms with Crippen LogP contribution >= 0.6 is 0 Å². The molecular formula is C13H21N3O2S. The van der Waals surface area contributed by atoms with E-state index in [1.165, 1.54) is 0 Å². The highest BCUT2D eigenvalue weighted by Gasteiger charge is 2.12. The Balaban J connectivity index is 2.61. The number of aryl methyl sites for hydroxylation is 1. The van der Waals surface area contributed by atoms with Crippen LogP contribution < -0.4 is 10.6 Å². The van der Waals surface area contributed by atoms with Gasteiger partial charge in [-0.25, -0.2) is 0 Å². The summed E-state index contributed by atoms with van der Waals surface area (Å²) < 4.78 is 11.2. The van der Waals surface area contributed by atoms with Gasteiger partial charge in [0.1, 0.15) is 0 Å². The zero-order valence-electron chi connectivity index (χ0n) is 11.8. The average molecular weight is 283 g/mol. The zero-order chi connectivity index (χ0) is 14.4. The first-order chi connectivity index (χ1) is 8.95. The number of carbonyl (C=O) groups is 1. The molecule has 0 fully saturated rings. The monoisotopic (exact) mass is 283 g/mol. The molecule has 6 heteroatoms. The SMILES string of the molecule is CNc1cc(C)ncc1C(=O)NCCC(C)S(C)=O. The van der Waals surface area contributed by atoms with E-state index in [9.17, 15) is 9.00 Å². The van der Waals surface area contributed by atoms with Crippen molar-refractivity contribution in [3.63, 3.8) is 0 Å². The Hall–Kier alpha value is -1.43. The minimum absolute atomic E-state index is 0.0835. The van der Waals surface area contributed by atoms with Crippen LogP contribution in [0, 0.1) is 6.92 Å². The van der Waals surface area contributed by atoms with Gasteiger partial charge in [0.2, 0.25) is 0 Å². The summed E-state index contributed by atoms with van der Waals surface area (Å²) in [6.45, 7) is 4.30. The fraction of sp³-hybridized carbons (Fsp3) is 0.538. The molecule has 106 valence electrons. The van der Waals surface area contributed by atoms with E-state index in [1.807, 2.05) is 19.9 Å². The summed E-state index contributed by atoms with van der Waals surface area (Å²) in [4.78, 5) is 16.2. The van der Waals surface area contributed by atoms with Crippen LogP contribution in [-0.2, 0) is 10.8 Å². The van der Waals surface area contributed by atoms with E-state index in [0.717, 1.165) is 11.4 Å². The third kappa shape index (κ3) is 4.63. The molecule has 0 saturated carbocycles. The maximum Gasteiger partial charge on any atom is 0.254 e. The van der Waals surface area contributed by atoms with E-state index in [1.54, 1.807) is 19.5 Å². The molecule has 19 heavy (non-hydrogen) atoms. The van der Waals surface area contributed by atoms with Gasteiger partial charge in [-0.2, -0.15) is 0 Å². The maximum atomic E-state index is 12.0. The molecular weight excluding hydrogens is 262 g/mol. The molecule has 0 aliphatic carbocycles. The molecule has 1 aromatic heterocycles. The summed E-state index contributed by atoms with van der Waals surface area (Å²) in [6.07, 6.45) is 3.94. The predicted octanol–water partition coefficient (Wildman–Crippen LogP) is 1.32. The molecule has 1 rings (SSSR count). The van der Waals surface area contributed by atoms with Gasteiger partial charge in [-0.3, -0.25) is 14.0 Å². The Morgan fingerprint density at radius 3 is 2.79 bits per heavy atom. The number of amides is 1. The Morgan fingerprint density at radius 1 is 1.53 bits per heavy atom. The van der Waals surface area contributed by atoms with Gasteiger partial charge in [0, 0.05) is 47.8 Å². The first-order valence-corrected chi connectivity index (χ1v) is 7.82. The third-order valence-corrected chi connectivity index (χ3v) is 4.33. The minimum Gasteiger partial charge on any atom is -0.387 e. The summed E-state index contributed by atoms with van der Waals surface area (Å²) in [5.41, 5.74) is 2.14. The number of carbonyl (C=O) groups excluding carboxylic acids is 1. The number of rotatable bonds is 6. The second-order valence-corrected chi connectivity index (χ2v) is 6.28. The highest BCUT2D eigenvalue weighted by molar-refractivity contribution is 7.84. The van der Waals surface area contributed by atoms with Crippen molar-refractivity contribution >= 4 is 22.4 Å². The average Bonchev–Trinajstić information content (AvgIpc) is 2.37. The molecule has 2 atom stereocenters. The van der Waals surface area contributed by atoms with E-state index in [4.69, 9.17) is 0 Å². The Kier molecular flexibility index (Phi) is 5.95. The molecule has 2 N–H and O–H groups in total. The fourth-order valence-electron chi connectivity index (χ4n) is 1.60. The molecule has 0 bridgehead atoms. The number of nitrogens with one attached hydrogen (secondary N) is 2. The molecule has 2 unspecified atom stereocenters. The maximum absolute atomic E-state index is 12.0. The highest BCUT2D eigenvalue weighted by atomic mass is 32.2. The van der Waals surface area contributed by atoms with Crippen molar-refractivity contribution in [3.05, 3.63) is 23.5 Å². The van der Waals surface area contributed by atoms with Crippen molar-refractivity contribution in [1.29, 1.82) is 0 Å². The van der Waals surface area contributed by atoms with E-state index in [2.05, 4.69) is 15.6 Å². The number of anilines is 1. The lowest BCUT2D eigenvalue weighted by Crippen LogP contribution is -2.28. The summed E-state index contributed by atoms with van der Waals surface area (Å²) in [5, 5.41) is 5.89. The number of nitrogens with zero attached hydrogens (tertiary/aromatic N) is 1. The van der Waals surface area contributed by atoms with Crippen molar-refractivity contribution in [2.75, 3.05) is 25.2 Å². The third-order valence-electron chi connectivity index (χ3n) is 2.96. The summed E-state index contributed by atoms with van der Waals surface area (Å²) in [5.74, 6) is -0.161. The van der Waals surface area contributed by atoms with Crippen molar-refractivity contribution in [3.8, 4) is 0 Å². The summed E-state index contributed by atoms with van der Waals surface area (Å²) >= 11 is 0. The van der Waals surface area contributed by atoms with Crippen molar-refractivity contribution < 1.29 is 9.00 Å². The smallest absolute Gasteiger partial charge is 0.254 e. The quantitative estimate of drug-likeness (QED) is 0.826. The Morgan fingerprint density at radius 2 is 2.21 bits per heavy atom. The molecule has 0 aromatic carbocycles. The number of hydrogen-bond acceptors (Lipinski definition) is 4. The lowest BCUT2D eigenvalue weighted by atomic mass is 10.2. The van der Waals surface area contributed by atoms with Crippen molar-refractivity contribution in [2.24, 2.45) is 0 Å². The topological polar surface area (TPSA) is 71.1 Å². The molecule has 0 spiro atoms. The van der Waals surface area contributed by atoms with Gasteiger partial charge in [0.25, 0.3) is 5.91 Å². The number of pyridine rings is 1. The lowest BCUT2D eigenvalue weighted by molar-refractivity contribution is 0.0953. The largest absolute Gasteiger partial charge is 0.387 e. The number of aromatic nitrogens is 1. The summed E-state index contributed by atoms with van der Waals surface area (Å²) in [6, 6.07) is 1.83. The number of hydrogen-bond donors (Lipinski definition) is 2. The fourth-order valence-corrected chi connectivity index (χ4v) is 2.05. The van der Waals surface area contributed by atoms with Gasteiger partial charge in [-0.05, 0) is 19.4 Å². The van der Waals surface area contributed by atoms with Crippen molar-refractivity contribution in [1.82, 2.24) is 10.3 Å². The molecule has 0 saturated heterocycles. The van der Waals surface area contributed by atoms with E-state index in [-0.39, 0.29) is 11.2 Å². The predicted molar refractivity (Wildman–Crippen MR) is 79.0 cm³/mol. The van der Waals surface area contributed by atoms with Crippen LogP contribution in [0.5, 0.6) is 0 Å². The molecule has 1 amide bonds. The van der Waals surface area contributed by atoms with Gasteiger partial charge in [0.05, 0.1) is 11.3 Å². The molecule has 1 aromatic rings. The molecule has 0 aliphatic rings. The second-order valence-electron chi connectivity index (χ2n) is 4.48. The Bertz CT molecular complexity index is 477. The van der Waals surface area contributed by atoms with Gasteiger partial charge < -0.3 is 10.6 Å². The van der Waals surface area contributed by atoms with E-state index in [0.29, 0.717) is 18.5 Å². The van der Waals surface area contributed by atoms with Gasteiger partial charge in [0.15, 0.2) is 0 Å². The van der Waals surface area contributed by atoms with Crippen LogP contribution in [0.4, 0.5) is 5.69 Å². The van der Waals surface area contributed by atoms with Gasteiger partial charge in [-0.1, -0.05) is 6.92 Å². The van der Waals surface area contributed by atoms with Crippen LogP contribution in [0.25, 0.3) is 0 Å². The molecule has 5 nitrogen and oxygen atoms in total. The Labute approximate surface area is 116 Å². The summed E-state index contributed by atoms with van der Waals surface area (Å²) in [7, 11) is 0.917. The van der Waals surface area contributed by atoms with Crippen LogP contribution in [0.2, 0.25) is 0 Å². The minimum atomic E-state index is -0.855.